The number of benzene rings is 1. The minimum absolute atomic E-state index is 0.209. The molecule has 1 aromatic carbocycles. The maximum absolute atomic E-state index is 9.57. The predicted octanol–water partition coefficient (Wildman–Crippen LogP) is 2.76. The quantitative estimate of drug-likeness (QED) is 0.864. The zero-order valence-electron chi connectivity index (χ0n) is 11.0. The molecule has 1 saturated heterocycles. The molecule has 0 unspecified atom stereocenters. The molecule has 0 amide bonds. The van der Waals surface area contributed by atoms with Crippen LogP contribution < -0.4 is 4.90 Å². The van der Waals surface area contributed by atoms with Crippen molar-refractivity contribution in [2.75, 3.05) is 18.0 Å². The van der Waals surface area contributed by atoms with Crippen molar-refractivity contribution in [1.29, 1.82) is 0 Å². The number of aliphatic hydroxyl groups excluding tert-OH is 1. The second kappa shape index (κ2) is 5.77. The lowest BCUT2D eigenvalue weighted by atomic mass is 10.1. The monoisotopic (exact) mass is 289 g/mol. The SMILES string of the molecule is OC1CCN(c2nc(Cl)cc(-c3ccccc3)n2)CC1. The average Bonchev–Trinajstić information content (AvgIpc) is 2.48. The lowest BCUT2D eigenvalue weighted by Gasteiger charge is -2.29. The molecule has 20 heavy (non-hydrogen) atoms. The second-order valence-electron chi connectivity index (χ2n) is 4.96. The summed E-state index contributed by atoms with van der Waals surface area (Å²) >= 11 is 6.12. The molecule has 0 bridgehead atoms. The molecular formula is C15H16ClN3O. The summed E-state index contributed by atoms with van der Waals surface area (Å²) in [6.45, 7) is 1.52. The van der Waals surface area contributed by atoms with E-state index >= 15 is 0 Å². The Morgan fingerprint density at radius 3 is 2.50 bits per heavy atom. The molecule has 0 aliphatic carbocycles. The summed E-state index contributed by atoms with van der Waals surface area (Å²) in [5, 5.41) is 10.0. The van der Waals surface area contributed by atoms with Crippen molar-refractivity contribution in [1.82, 2.24) is 9.97 Å². The highest BCUT2D eigenvalue weighted by molar-refractivity contribution is 6.29. The van der Waals surface area contributed by atoms with E-state index in [1.807, 2.05) is 30.3 Å². The normalized spacial score (nSPS) is 16.4. The Morgan fingerprint density at radius 2 is 1.80 bits per heavy atom. The minimum Gasteiger partial charge on any atom is -0.393 e. The van der Waals surface area contributed by atoms with E-state index in [0.29, 0.717) is 11.1 Å². The zero-order chi connectivity index (χ0) is 13.9. The molecule has 1 aliphatic rings. The standard InChI is InChI=1S/C15H16ClN3O/c16-14-10-13(11-4-2-1-3-5-11)17-15(18-14)19-8-6-12(20)7-9-19/h1-5,10,12,20H,6-9H2. The van der Waals surface area contributed by atoms with Crippen molar-refractivity contribution in [2.45, 2.75) is 18.9 Å². The molecule has 2 heterocycles. The number of aliphatic hydroxyl groups is 1. The molecule has 1 fully saturated rings. The molecular weight excluding hydrogens is 274 g/mol. The summed E-state index contributed by atoms with van der Waals surface area (Å²) in [5.74, 6) is 0.642. The Morgan fingerprint density at radius 1 is 1.10 bits per heavy atom. The van der Waals surface area contributed by atoms with Crippen LogP contribution in [0.4, 0.5) is 5.95 Å². The van der Waals surface area contributed by atoms with E-state index in [0.717, 1.165) is 37.2 Å². The number of piperidine rings is 1. The van der Waals surface area contributed by atoms with Gasteiger partial charge >= 0.3 is 0 Å². The van der Waals surface area contributed by atoms with E-state index in [9.17, 15) is 5.11 Å². The predicted molar refractivity (Wildman–Crippen MR) is 79.9 cm³/mol. The molecule has 0 atom stereocenters. The molecule has 1 N–H and O–H groups in total. The van der Waals surface area contributed by atoms with Gasteiger partial charge in [0.25, 0.3) is 0 Å². The van der Waals surface area contributed by atoms with Crippen LogP contribution in [0.25, 0.3) is 11.3 Å². The summed E-state index contributed by atoms with van der Waals surface area (Å²) < 4.78 is 0. The van der Waals surface area contributed by atoms with Gasteiger partial charge in [-0.15, -0.1) is 0 Å². The minimum atomic E-state index is -0.209. The van der Waals surface area contributed by atoms with E-state index in [1.165, 1.54) is 0 Å². The van der Waals surface area contributed by atoms with Gasteiger partial charge in [-0.25, -0.2) is 9.97 Å². The smallest absolute Gasteiger partial charge is 0.227 e. The Labute approximate surface area is 123 Å². The van der Waals surface area contributed by atoms with Crippen LogP contribution in [0.3, 0.4) is 0 Å². The summed E-state index contributed by atoms with van der Waals surface area (Å²) in [7, 11) is 0. The Balaban J connectivity index is 1.91. The number of nitrogens with zero attached hydrogens (tertiary/aromatic N) is 3. The summed E-state index contributed by atoms with van der Waals surface area (Å²) in [6.07, 6.45) is 1.28. The first-order valence-corrected chi connectivity index (χ1v) is 7.13. The van der Waals surface area contributed by atoms with Crippen molar-refractivity contribution in [2.24, 2.45) is 0 Å². The highest BCUT2D eigenvalue weighted by atomic mass is 35.5. The van der Waals surface area contributed by atoms with Crippen LogP contribution in [0.2, 0.25) is 5.15 Å². The maximum atomic E-state index is 9.57. The Bertz CT molecular complexity index is 583. The molecule has 3 rings (SSSR count). The number of hydrogen-bond donors (Lipinski definition) is 1. The largest absolute Gasteiger partial charge is 0.393 e. The van der Waals surface area contributed by atoms with E-state index in [-0.39, 0.29) is 6.10 Å². The lowest BCUT2D eigenvalue weighted by molar-refractivity contribution is 0.145. The third-order valence-electron chi connectivity index (χ3n) is 3.50. The highest BCUT2D eigenvalue weighted by Crippen LogP contribution is 2.24. The Hall–Kier alpha value is -1.65. The second-order valence-corrected chi connectivity index (χ2v) is 5.35. The number of rotatable bonds is 2. The zero-order valence-corrected chi connectivity index (χ0v) is 11.8. The topological polar surface area (TPSA) is 49.2 Å². The number of hydrogen-bond acceptors (Lipinski definition) is 4. The van der Waals surface area contributed by atoms with Crippen LogP contribution in [0.15, 0.2) is 36.4 Å². The lowest BCUT2D eigenvalue weighted by Crippen LogP contribution is -2.36. The fourth-order valence-electron chi connectivity index (χ4n) is 2.37. The summed E-state index contributed by atoms with van der Waals surface area (Å²) in [4.78, 5) is 11.0. The molecule has 0 radical (unpaired) electrons. The van der Waals surface area contributed by atoms with Gasteiger partial charge in [0, 0.05) is 24.7 Å². The van der Waals surface area contributed by atoms with Gasteiger partial charge in [0.15, 0.2) is 0 Å². The highest BCUT2D eigenvalue weighted by Gasteiger charge is 2.20. The van der Waals surface area contributed by atoms with Gasteiger partial charge in [0.05, 0.1) is 11.8 Å². The van der Waals surface area contributed by atoms with E-state index < -0.39 is 0 Å². The van der Waals surface area contributed by atoms with Crippen LogP contribution in [-0.4, -0.2) is 34.3 Å². The van der Waals surface area contributed by atoms with Crippen molar-refractivity contribution in [3.63, 3.8) is 0 Å². The van der Waals surface area contributed by atoms with Gasteiger partial charge in [-0.3, -0.25) is 0 Å². The van der Waals surface area contributed by atoms with Gasteiger partial charge in [0.2, 0.25) is 5.95 Å². The first-order valence-electron chi connectivity index (χ1n) is 6.75. The first kappa shape index (κ1) is 13.3. The van der Waals surface area contributed by atoms with Crippen LogP contribution >= 0.6 is 11.6 Å². The van der Waals surface area contributed by atoms with Crippen molar-refractivity contribution in [3.8, 4) is 11.3 Å². The Kier molecular flexibility index (Phi) is 3.85. The first-order chi connectivity index (χ1) is 9.72. The van der Waals surface area contributed by atoms with Gasteiger partial charge in [0.1, 0.15) is 5.15 Å². The molecule has 0 saturated carbocycles. The molecule has 0 spiro atoms. The van der Waals surface area contributed by atoms with Crippen LogP contribution in [0, 0.1) is 0 Å². The fraction of sp³-hybridized carbons (Fsp3) is 0.333. The fourth-order valence-corrected chi connectivity index (χ4v) is 2.55. The van der Waals surface area contributed by atoms with Gasteiger partial charge in [-0.1, -0.05) is 41.9 Å². The summed E-state index contributed by atoms with van der Waals surface area (Å²) in [6, 6.07) is 11.7. The average molecular weight is 290 g/mol. The molecule has 5 heteroatoms. The third-order valence-corrected chi connectivity index (χ3v) is 3.69. The summed E-state index contributed by atoms with van der Waals surface area (Å²) in [5.41, 5.74) is 1.85. The maximum Gasteiger partial charge on any atom is 0.227 e. The van der Waals surface area contributed by atoms with Crippen molar-refractivity contribution in [3.05, 3.63) is 41.6 Å². The van der Waals surface area contributed by atoms with Crippen molar-refractivity contribution < 1.29 is 5.11 Å². The van der Waals surface area contributed by atoms with Crippen LogP contribution in [0.5, 0.6) is 0 Å². The van der Waals surface area contributed by atoms with E-state index in [2.05, 4.69) is 14.9 Å². The van der Waals surface area contributed by atoms with Crippen molar-refractivity contribution >= 4 is 17.5 Å². The molecule has 2 aromatic rings. The molecule has 1 aliphatic heterocycles. The number of halogens is 1. The van der Waals surface area contributed by atoms with E-state index in [1.54, 1.807) is 6.07 Å². The molecule has 104 valence electrons. The van der Waals surface area contributed by atoms with Crippen LogP contribution in [-0.2, 0) is 0 Å². The van der Waals surface area contributed by atoms with Crippen LogP contribution in [0.1, 0.15) is 12.8 Å². The van der Waals surface area contributed by atoms with Gasteiger partial charge < -0.3 is 10.0 Å². The molecule has 4 nitrogen and oxygen atoms in total. The number of aromatic nitrogens is 2. The number of anilines is 1. The molecule has 1 aromatic heterocycles. The van der Waals surface area contributed by atoms with Gasteiger partial charge in [-0.2, -0.15) is 0 Å². The van der Waals surface area contributed by atoms with E-state index in [4.69, 9.17) is 11.6 Å². The third kappa shape index (κ3) is 2.92. The van der Waals surface area contributed by atoms with Gasteiger partial charge in [-0.05, 0) is 12.8 Å².